The number of hydrogen-bond acceptors (Lipinski definition) is 6. The normalized spacial score (nSPS) is 11.3. The first-order valence-corrected chi connectivity index (χ1v) is 12.5. The number of hydrogen-bond donors (Lipinski definition) is 2. The summed E-state index contributed by atoms with van der Waals surface area (Å²) in [7, 11) is 1.50. The minimum Gasteiger partial charge on any atom is -0.493 e. The van der Waals surface area contributed by atoms with E-state index >= 15 is 0 Å². The number of halogens is 2. The molecule has 10 heteroatoms. The van der Waals surface area contributed by atoms with Crippen LogP contribution in [0, 0.1) is 12.3 Å². The summed E-state index contributed by atoms with van der Waals surface area (Å²) >= 11 is 9.30. The van der Waals surface area contributed by atoms with Crippen LogP contribution in [0.2, 0.25) is 5.02 Å². The van der Waals surface area contributed by atoms with Gasteiger partial charge >= 0.3 is 0 Å². The third-order valence-corrected chi connectivity index (χ3v) is 5.90. The second-order valence-electron chi connectivity index (χ2n) is 7.81. The predicted octanol–water partition coefficient (Wildman–Crippen LogP) is 4.38. The van der Waals surface area contributed by atoms with Crippen LogP contribution < -0.4 is 25.0 Å². The zero-order chi connectivity index (χ0) is 27.3. The Labute approximate surface area is 234 Å². The highest BCUT2D eigenvalue weighted by molar-refractivity contribution is 9.10. The van der Waals surface area contributed by atoms with Gasteiger partial charge < -0.3 is 19.5 Å². The second kappa shape index (κ2) is 14.7. The molecule has 0 saturated heterocycles. The monoisotopic (exact) mass is 597 g/mol. The number of benzene rings is 3. The molecular weight excluding hydrogens is 574 g/mol. The summed E-state index contributed by atoms with van der Waals surface area (Å²) in [5, 5.41) is 7.32. The molecule has 3 aromatic carbocycles. The van der Waals surface area contributed by atoms with Crippen molar-refractivity contribution < 1.29 is 23.8 Å². The van der Waals surface area contributed by atoms with E-state index in [1.54, 1.807) is 36.4 Å². The van der Waals surface area contributed by atoms with E-state index in [0.29, 0.717) is 32.3 Å². The van der Waals surface area contributed by atoms with Crippen LogP contribution in [-0.2, 0) is 16.0 Å². The van der Waals surface area contributed by atoms with Gasteiger partial charge in [-0.3, -0.25) is 9.59 Å². The summed E-state index contributed by atoms with van der Waals surface area (Å²) in [6.45, 7) is -0.191. The molecule has 2 amide bonds. The van der Waals surface area contributed by atoms with Gasteiger partial charge in [0, 0.05) is 11.4 Å². The molecule has 0 saturated carbocycles. The van der Waals surface area contributed by atoms with Gasteiger partial charge in [-0.15, -0.1) is 6.42 Å². The maximum Gasteiger partial charge on any atom is 0.262 e. The first-order chi connectivity index (χ1) is 18.4. The molecule has 0 aliphatic heterocycles. The molecule has 0 bridgehead atoms. The smallest absolute Gasteiger partial charge is 0.262 e. The zero-order valence-corrected chi connectivity index (χ0v) is 22.8. The molecule has 0 radical (unpaired) electrons. The van der Waals surface area contributed by atoms with Crippen LogP contribution in [0.5, 0.6) is 17.2 Å². The predicted molar refractivity (Wildman–Crippen MR) is 150 cm³/mol. The van der Waals surface area contributed by atoms with Crippen molar-refractivity contribution in [2.24, 2.45) is 5.10 Å². The standard InChI is InChI=1S/C28H25BrClN3O5/c1-3-13-37-27-23(29)14-20(16-25(27)36-2)17-31-33-28(35)24(15-19-7-5-4-6-8-19)32-26(34)18-38-22-11-9-21(30)10-12-22/h1,4-12,14,16-17,24H,13,15,18H2,2H3,(H,32,34)(H,33,35)/b31-17-/t24-/m0/s1. The molecule has 3 aromatic rings. The summed E-state index contributed by atoms with van der Waals surface area (Å²) in [5.41, 5.74) is 3.98. The van der Waals surface area contributed by atoms with Gasteiger partial charge in [0.05, 0.1) is 17.8 Å². The molecular formula is C28H25BrClN3O5. The van der Waals surface area contributed by atoms with Crippen molar-refractivity contribution in [3.8, 4) is 29.6 Å². The minimum absolute atomic E-state index is 0.0811. The minimum atomic E-state index is -0.892. The van der Waals surface area contributed by atoms with Crippen molar-refractivity contribution in [2.75, 3.05) is 20.3 Å². The lowest BCUT2D eigenvalue weighted by Gasteiger charge is -2.17. The molecule has 1 atom stereocenters. The van der Waals surface area contributed by atoms with Crippen LogP contribution in [0.3, 0.4) is 0 Å². The summed E-state index contributed by atoms with van der Waals surface area (Å²) in [5.74, 6) is 2.82. The number of terminal acetylenes is 1. The number of methoxy groups -OCH3 is 1. The molecule has 0 aliphatic carbocycles. The molecule has 0 spiro atoms. The molecule has 0 fully saturated rings. The van der Waals surface area contributed by atoms with Crippen LogP contribution in [-0.4, -0.2) is 44.4 Å². The van der Waals surface area contributed by atoms with Crippen molar-refractivity contribution in [3.05, 3.63) is 87.4 Å². The number of nitrogens with one attached hydrogen (secondary N) is 2. The maximum atomic E-state index is 13.0. The highest BCUT2D eigenvalue weighted by atomic mass is 79.9. The van der Waals surface area contributed by atoms with Gasteiger partial charge in [0.2, 0.25) is 0 Å². The van der Waals surface area contributed by atoms with Gasteiger partial charge in [0.1, 0.15) is 18.4 Å². The third kappa shape index (κ3) is 8.83. The van der Waals surface area contributed by atoms with Crippen LogP contribution >= 0.6 is 27.5 Å². The molecule has 0 aromatic heterocycles. The number of nitrogens with zero attached hydrogens (tertiary/aromatic N) is 1. The number of carbonyl (C=O) groups is 2. The molecule has 196 valence electrons. The lowest BCUT2D eigenvalue weighted by molar-refractivity contribution is -0.130. The lowest BCUT2D eigenvalue weighted by atomic mass is 10.1. The molecule has 0 unspecified atom stereocenters. The van der Waals surface area contributed by atoms with Crippen molar-refractivity contribution in [3.63, 3.8) is 0 Å². The third-order valence-electron chi connectivity index (χ3n) is 5.06. The fourth-order valence-electron chi connectivity index (χ4n) is 3.29. The van der Waals surface area contributed by atoms with E-state index in [0.717, 1.165) is 5.56 Å². The highest BCUT2D eigenvalue weighted by Crippen LogP contribution is 2.36. The Balaban J connectivity index is 1.67. The molecule has 8 nitrogen and oxygen atoms in total. The van der Waals surface area contributed by atoms with Crippen molar-refractivity contribution in [1.82, 2.24) is 10.7 Å². The number of ether oxygens (including phenoxy) is 3. The quantitative estimate of drug-likeness (QED) is 0.183. The van der Waals surface area contributed by atoms with E-state index in [2.05, 4.69) is 37.7 Å². The van der Waals surface area contributed by atoms with Crippen molar-refractivity contribution >= 4 is 45.6 Å². The van der Waals surface area contributed by atoms with E-state index in [1.807, 2.05) is 30.3 Å². The van der Waals surface area contributed by atoms with Gasteiger partial charge in [0.25, 0.3) is 11.8 Å². The number of amides is 2. The largest absolute Gasteiger partial charge is 0.493 e. The summed E-state index contributed by atoms with van der Waals surface area (Å²) in [4.78, 5) is 25.6. The Morgan fingerprint density at radius 3 is 2.55 bits per heavy atom. The van der Waals surface area contributed by atoms with E-state index in [-0.39, 0.29) is 19.6 Å². The summed E-state index contributed by atoms with van der Waals surface area (Å²) in [6.07, 6.45) is 6.97. The van der Waals surface area contributed by atoms with Crippen LogP contribution in [0.4, 0.5) is 0 Å². The van der Waals surface area contributed by atoms with E-state index in [1.165, 1.54) is 13.3 Å². The zero-order valence-electron chi connectivity index (χ0n) is 20.4. The number of hydrazone groups is 1. The maximum absolute atomic E-state index is 13.0. The average Bonchev–Trinajstić information content (AvgIpc) is 2.92. The second-order valence-corrected chi connectivity index (χ2v) is 9.10. The van der Waals surface area contributed by atoms with E-state index in [4.69, 9.17) is 32.2 Å². The summed E-state index contributed by atoms with van der Waals surface area (Å²) in [6, 6.07) is 18.5. The van der Waals surface area contributed by atoms with Crippen LogP contribution in [0.15, 0.2) is 76.3 Å². The average molecular weight is 599 g/mol. The molecule has 0 aliphatic rings. The SMILES string of the molecule is C#CCOc1c(Br)cc(/C=N\NC(=O)[C@H](Cc2ccccc2)NC(=O)COc2ccc(Cl)cc2)cc1OC. The Morgan fingerprint density at radius 1 is 1.13 bits per heavy atom. The van der Waals surface area contributed by atoms with Gasteiger partial charge in [-0.25, -0.2) is 5.43 Å². The molecule has 38 heavy (non-hydrogen) atoms. The Morgan fingerprint density at radius 2 is 1.87 bits per heavy atom. The van der Waals surface area contributed by atoms with Gasteiger partial charge in [-0.05, 0) is 63.5 Å². The van der Waals surface area contributed by atoms with Gasteiger partial charge in [-0.1, -0.05) is 47.9 Å². The van der Waals surface area contributed by atoms with Gasteiger partial charge in [0.15, 0.2) is 18.1 Å². The molecule has 2 N–H and O–H groups in total. The Hall–Kier alpha value is -4.00. The number of carbonyl (C=O) groups excluding carboxylic acids is 2. The lowest BCUT2D eigenvalue weighted by Crippen LogP contribution is -2.48. The first kappa shape index (κ1) is 28.6. The Bertz CT molecular complexity index is 1310. The van der Waals surface area contributed by atoms with Crippen LogP contribution in [0.1, 0.15) is 11.1 Å². The topological polar surface area (TPSA) is 98.2 Å². The van der Waals surface area contributed by atoms with E-state index in [9.17, 15) is 9.59 Å². The molecule has 0 heterocycles. The molecule has 3 rings (SSSR count). The fraction of sp³-hybridized carbons (Fsp3) is 0.179. The fourth-order valence-corrected chi connectivity index (χ4v) is 3.99. The van der Waals surface area contributed by atoms with E-state index < -0.39 is 17.9 Å². The number of rotatable bonds is 12. The Kier molecular flexibility index (Phi) is 11.0. The first-order valence-electron chi connectivity index (χ1n) is 11.4. The van der Waals surface area contributed by atoms with Crippen LogP contribution in [0.25, 0.3) is 0 Å². The van der Waals surface area contributed by atoms with Crippen molar-refractivity contribution in [1.29, 1.82) is 0 Å². The summed E-state index contributed by atoms with van der Waals surface area (Å²) < 4.78 is 17.0. The van der Waals surface area contributed by atoms with Gasteiger partial charge in [-0.2, -0.15) is 5.10 Å². The van der Waals surface area contributed by atoms with Crippen molar-refractivity contribution in [2.45, 2.75) is 12.5 Å². The highest BCUT2D eigenvalue weighted by Gasteiger charge is 2.21.